The van der Waals surface area contributed by atoms with Gasteiger partial charge in [0.15, 0.2) is 0 Å². The minimum absolute atomic E-state index is 0. The second-order valence-corrected chi connectivity index (χ2v) is 9.12. The molecule has 1 heterocycles. The van der Waals surface area contributed by atoms with Gasteiger partial charge in [-0.2, -0.15) is 4.31 Å². The Balaban J connectivity index is 0.00000225. The predicted molar refractivity (Wildman–Crippen MR) is 102 cm³/mol. The van der Waals surface area contributed by atoms with Crippen LogP contribution in [0.25, 0.3) is 0 Å². The van der Waals surface area contributed by atoms with Gasteiger partial charge in [-0.1, -0.05) is 18.0 Å². The number of ether oxygens (including phenoxy) is 1. The van der Waals surface area contributed by atoms with Crippen LogP contribution < -0.4 is 10.1 Å². The number of nitrogens with zero attached hydrogens (tertiary/aromatic N) is 1. The van der Waals surface area contributed by atoms with Crippen LogP contribution >= 0.6 is 24.0 Å². The SMILES string of the molecule is CNCC1CCN(S(=O)(=O)c2cc(Cl)ccc2OCC2CCC2)C1.Cl. The highest BCUT2D eigenvalue weighted by molar-refractivity contribution is 7.89. The minimum Gasteiger partial charge on any atom is -0.492 e. The largest absolute Gasteiger partial charge is 0.492 e. The van der Waals surface area contributed by atoms with Crippen LogP contribution in [0.15, 0.2) is 23.1 Å². The molecule has 8 heteroatoms. The van der Waals surface area contributed by atoms with Crippen LogP contribution in [0.5, 0.6) is 5.75 Å². The Bertz CT molecular complexity index is 680. The molecular weight excluding hydrogens is 383 g/mol. The molecule has 0 aromatic heterocycles. The standard InChI is InChI=1S/C17H25ClN2O3S.ClH/c1-19-10-14-7-8-20(11-14)24(21,22)17-9-15(18)5-6-16(17)23-12-13-3-2-4-13;/h5-6,9,13-14,19H,2-4,7-8,10-12H2,1H3;1H. The summed E-state index contributed by atoms with van der Waals surface area (Å²) in [5.41, 5.74) is 0. The second-order valence-electron chi connectivity index (χ2n) is 6.77. The van der Waals surface area contributed by atoms with Crippen molar-refractivity contribution in [2.24, 2.45) is 11.8 Å². The molecule has 3 rings (SSSR count). The Morgan fingerprint density at radius 2 is 2.04 bits per heavy atom. The van der Waals surface area contributed by atoms with E-state index >= 15 is 0 Å². The summed E-state index contributed by atoms with van der Waals surface area (Å²) >= 11 is 6.06. The van der Waals surface area contributed by atoms with Gasteiger partial charge in [-0.25, -0.2) is 8.42 Å². The summed E-state index contributed by atoms with van der Waals surface area (Å²) in [6, 6.07) is 4.87. The summed E-state index contributed by atoms with van der Waals surface area (Å²) < 4.78 is 33.5. The first-order valence-corrected chi connectivity index (χ1v) is 10.4. The third-order valence-electron chi connectivity index (χ3n) is 4.96. The van der Waals surface area contributed by atoms with Gasteiger partial charge in [0.1, 0.15) is 10.6 Å². The third kappa shape index (κ3) is 4.80. The van der Waals surface area contributed by atoms with Gasteiger partial charge in [-0.15, -0.1) is 12.4 Å². The molecule has 1 aliphatic carbocycles. The highest BCUT2D eigenvalue weighted by Gasteiger charge is 2.34. The molecule has 5 nitrogen and oxygen atoms in total. The maximum Gasteiger partial charge on any atom is 0.246 e. The number of hydrogen-bond donors (Lipinski definition) is 1. The van der Waals surface area contributed by atoms with Crippen molar-refractivity contribution in [3.63, 3.8) is 0 Å². The summed E-state index contributed by atoms with van der Waals surface area (Å²) in [6.07, 6.45) is 4.43. The first-order valence-electron chi connectivity index (χ1n) is 8.58. The fraction of sp³-hybridized carbons (Fsp3) is 0.647. The van der Waals surface area contributed by atoms with Gasteiger partial charge in [0.25, 0.3) is 0 Å². The van der Waals surface area contributed by atoms with Crippen molar-refractivity contribution < 1.29 is 13.2 Å². The third-order valence-corrected chi connectivity index (χ3v) is 7.09. The molecule has 1 N–H and O–H groups in total. The molecule has 0 radical (unpaired) electrons. The zero-order valence-corrected chi connectivity index (χ0v) is 16.8. The molecule has 0 amide bonds. The lowest BCUT2D eigenvalue weighted by atomic mass is 9.86. The van der Waals surface area contributed by atoms with Gasteiger partial charge in [0, 0.05) is 18.1 Å². The van der Waals surface area contributed by atoms with Crippen LogP contribution in [0.1, 0.15) is 25.7 Å². The van der Waals surface area contributed by atoms with Crippen LogP contribution in [0, 0.1) is 11.8 Å². The van der Waals surface area contributed by atoms with Gasteiger partial charge in [-0.05, 0) is 62.9 Å². The number of rotatable bonds is 7. The summed E-state index contributed by atoms with van der Waals surface area (Å²) in [5.74, 6) is 1.31. The molecule has 1 saturated carbocycles. The second kappa shape index (κ2) is 8.91. The van der Waals surface area contributed by atoms with E-state index in [0.717, 1.165) is 25.8 Å². The van der Waals surface area contributed by atoms with E-state index < -0.39 is 10.0 Å². The molecule has 1 aliphatic heterocycles. The maximum absolute atomic E-state index is 13.1. The summed E-state index contributed by atoms with van der Waals surface area (Å²) in [5, 5.41) is 3.53. The Labute approximate surface area is 161 Å². The smallest absolute Gasteiger partial charge is 0.246 e. The van der Waals surface area contributed by atoms with E-state index in [0.29, 0.717) is 42.3 Å². The van der Waals surface area contributed by atoms with Crippen LogP contribution in [-0.4, -0.2) is 46.0 Å². The Hall–Kier alpha value is -0.530. The lowest BCUT2D eigenvalue weighted by Gasteiger charge is -2.26. The van der Waals surface area contributed by atoms with E-state index in [1.165, 1.54) is 12.5 Å². The van der Waals surface area contributed by atoms with E-state index in [2.05, 4.69) is 5.32 Å². The number of halogens is 2. The van der Waals surface area contributed by atoms with Crippen molar-refractivity contribution in [2.45, 2.75) is 30.6 Å². The summed E-state index contributed by atoms with van der Waals surface area (Å²) in [4.78, 5) is 0.194. The lowest BCUT2D eigenvalue weighted by Crippen LogP contribution is -2.31. The lowest BCUT2D eigenvalue weighted by molar-refractivity contribution is 0.177. The first-order chi connectivity index (χ1) is 11.5. The molecule has 1 saturated heterocycles. The molecule has 2 fully saturated rings. The first kappa shape index (κ1) is 20.8. The maximum atomic E-state index is 13.1. The van der Waals surface area contributed by atoms with Crippen molar-refractivity contribution in [3.05, 3.63) is 23.2 Å². The highest BCUT2D eigenvalue weighted by Crippen LogP contribution is 2.34. The molecule has 1 atom stereocenters. The fourth-order valence-electron chi connectivity index (χ4n) is 3.28. The topological polar surface area (TPSA) is 58.6 Å². The van der Waals surface area contributed by atoms with E-state index in [9.17, 15) is 8.42 Å². The zero-order valence-electron chi connectivity index (χ0n) is 14.4. The fourth-order valence-corrected chi connectivity index (χ4v) is 5.20. The highest BCUT2D eigenvalue weighted by atomic mass is 35.5. The van der Waals surface area contributed by atoms with Gasteiger partial charge >= 0.3 is 0 Å². The van der Waals surface area contributed by atoms with Crippen molar-refractivity contribution in [3.8, 4) is 5.75 Å². The number of hydrogen-bond acceptors (Lipinski definition) is 4. The molecule has 142 valence electrons. The Morgan fingerprint density at radius 1 is 1.28 bits per heavy atom. The molecule has 0 bridgehead atoms. The summed E-state index contributed by atoms with van der Waals surface area (Å²) in [7, 11) is -1.69. The number of sulfonamides is 1. The average Bonchev–Trinajstić information content (AvgIpc) is 2.97. The number of nitrogens with one attached hydrogen (secondary N) is 1. The monoisotopic (exact) mass is 408 g/mol. The molecule has 2 aliphatic rings. The summed E-state index contributed by atoms with van der Waals surface area (Å²) in [6.45, 7) is 2.49. The van der Waals surface area contributed by atoms with Crippen molar-refractivity contribution >= 4 is 34.0 Å². The Morgan fingerprint density at radius 3 is 2.68 bits per heavy atom. The van der Waals surface area contributed by atoms with Crippen LogP contribution in [0.2, 0.25) is 5.02 Å². The van der Waals surface area contributed by atoms with E-state index in [1.807, 2.05) is 7.05 Å². The molecule has 1 unspecified atom stereocenters. The molecule has 1 aromatic rings. The molecule has 25 heavy (non-hydrogen) atoms. The number of benzene rings is 1. The van der Waals surface area contributed by atoms with Crippen LogP contribution in [-0.2, 0) is 10.0 Å². The van der Waals surface area contributed by atoms with Crippen molar-refractivity contribution in [2.75, 3.05) is 33.3 Å². The Kier molecular flexibility index (Phi) is 7.40. The normalized spacial score (nSPS) is 21.6. The van der Waals surface area contributed by atoms with Crippen molar-refractivity contribution in [1.82, 2.24) is 9.62 Å². The van der Waals surface area contributed by atoms with Crippen LogP contribution in [0.4, 0.5) is 0 Å². The minimum atomic E-state index is -3.58. The van der Waals surface area contributed by atoms with Crippen molar-refractivity contribution in [1.29, 1.82) is 0 Å². The molecular formula is C17H26Cl2N2O3S. The van der Waals surface area contributed by atoms with Crippen LogP contribution in [0.3, 0.4) is 0 Å². The predicted octanol–water partition coefficient (Wildman–Crippen LogP) is 3.17. The van der Waals surface area contributed by atoms with Gasteiger partial charge in [0.05, 0.1) is 6.61 Å². The van der Waals surface area contributed by atoms with Gasteiger partial charge < -0.3 is 10.1 Å². The average molecular weight is 409 g/mol. The van der Waals surface area contributed by atoms with Gasteiger partial charge in [0.2, 0.25) is 10.0 Å². The van der Waals surface area contributed by atoms with E-state index in [1.54, 1.807) is 16.4 Å². The van der Waals surface area contributed by atoms with E-state index in [-0.39, 0.29) is 17.3 Å². The molecule has 1 aromatic carbocycles. The van der Waals surface area contributed by atoms with E-state index in [4.69, 9.17) is 16.3 Å². The quantitative estimate of drug-likeness (QED) is 0.752. The zero-order chi connectivity index (χ0) is 17.2. The van der Waals surface area contributed by atoms with Gasteiger partial charge in [-0.3, -0.25) is 0 Å². The molecule has 0 spiro atoms.